The van der Waals surface area contributed by atoms with Gasteiger partial charge in [-0.05, 0) is 28.7 Å². The number of carbonyl (C=O) groups is 4. The maximum atomic E-state index is 12.5. The van der Waals surface area contributed by atoms with Crippen LogP contribution in [0.15, 0.2) is 48.5 Å². The summed E-state index contributed by atoms with van der Waals surface area (Å²) in [6, 6.07) is 14.0. The highest BCUT2D eigenvalue weighted by atomic mass is 16.5. The summed E-state index contributed by atoms with van der Waals surface area (Å²) in [5, 5.41) is 14.2. The maximum absolute atomic E-state index is 12.5. The fourth-order valence-electron chi connectivity index (χ4n) is 4.03. The van der Waals surface area contributed by atoms with Gasteiger partial charge >= 0.3 is 18.0 Å². The molecule has 34 heavy (non-hydrogen) atoms. The fourth-order valence-corrected chi connectivity index (χ4v) is 4.03. The summed E-state index contributed by atoms with van der Waals surface area (Å²) in [5.74, 6) is -2.80. The number of benzene rings is 2. The second-order valence-electron chi connectivity index (χ2n) is 8.02. The van der Waals surface area contributed by atoms with Crippen LogP contribution in [0.1, 0.15) is 43.2 Å². The number of carboxylic acid groups (broad SMARTS) is 1. The first-order valence-corrected chi connectivity index (χ1v) is 11.0. The Kier molecular flexibility index (Phi) is 8.24. The van der Waals surface area contributed by atoms with Crippen LogP contribution in [0.3, 0.4) is 0 Å². The predicted octanol–water partition coefficient (Wildman–Crippen LogP) is 2.83. The minimum Gasteiger partial charge on any atom is -0.480 e. The molecule has 0 saturated carbocycles. The second-order valence-corrected chi connectivity index (χ2v) is 8.02. The lowest BCUT2D eigenvalue weighted by Gasteiger charge is -2.20. The largest absolute Gasteiger partial charge is 0.480 e. The number of carbonyl (C=O) groups excluding carboxylic acids is 3. The second kappa shape index (κ2) is 11.3. The van der Waals surface area contributed by atoms with Crippen LogP contribution < -0.4 is 10.6 Å². The van der Waals surface area contributed by atoms with Crippen LogP contribution in [0, 0.1) is 0 Å². The zero-order valence-electron chi connectivity index (χ0n) is 19.1. The highest BCUT2D eigenvalue weighted by molar-refractivity contribution is 5.87. The molecule has 180 valence electrons. The number of aliphatic carboxylic acids is 1. The number of alkyl carbamates (subject to hydrolysis) is 1. The smallest absolute Gasteiger partial charge is 0.407 e. The van der Waals surface area contributed by atoms with E-state index in [2.05, 4.69) is 15.4 Å². The molecule has 2 amide bonds. The molecule has 0 radical (unpaired) electrons. The van der Waals surface area contributed by atoms with Crippen molar-refractivity contribution in [2.75, 3.05) is 13.7 Å². The Bertz CT molecular complexity index is 1020. The van der Waals surface area contributed by atoms with Gasteiger partial charge in [0.15, 0.2) is 0 Å². The van der Waals surface area contributed by atoms with Gasteiger partial charge in [0.25, 0.3) is 0 Å². The van der Waals surface area contributed by atoms with Gasteiger partial charge in [-0.1, -0.05) is 55.5 Å². The average molecular weight is 469 g/mol. The number of esters is 1. The Morgan fingerprint density at radius 3 is 2.06 bits per heavy atom. The molecule has 0 heterocycles. The van der Waals surface area contributed by atoms with E-state index in [4.69, 9.17) is 4.74 Å². The molecule has 0 unspecified atom stereocenters. The molecule has 0 aromatic heterocycles. The molecular weight excluding hydrogens is 440 g/mol. The van der Waals surface area contributed by atoms with E-state index < -0.39 is 42.4 Å². The van der Waals surface area contributed by atoms with E-state index in [-0.39, 0.29) is 18.9 Å². The quantitative estimate of drug-likeness (QED) is 0.457. The Hall–Kier alpha value is -3.88. The molecule has 2 aromatic carbocycles. The van der Waals surface area contributed by atoms with Gasteiger partial charge < -0.3 is 25.2 Å². The summed E-state index contributed by atoms with van der Waals surface area (Å²) < 4.78 is 9.96. The van der Waals surface area contributed by atoms with Crippen LogP contribution in [-0.4, -0.2) is 54.8 Å². The third-order valence-corrected chi connectivity index (χ3v) is 5.82. The number of hydrogen-bond acceptors (Lipinski definition) is 6. The molecular formula is C25H28N2O7. The predicted molar refractivity (Wildman–Crippen MR) is 123 cm³/mol. The van der Waals surface area contributed by atoms with E-state index in [9.17, 15) is 24.3 Å². The van der Waals surface area contributed by atoms with Crippen molar-refractivity contribution in [1.82, 2.24) is 10.6 Å². The van der Waals surface area contributed by atoms with Gasteiger partial charge in [0, 0.05) is 18.4 Å². The SMILES string of the molecule is CC[C@H](CC(=O)N[C@@H](CC(=O)OC)C(=O)O)NC(=O)OCC1c2ccccc2-c2ccccc21. The third-order valence-electron chi connectivity index (χ3n) is 5.82. The molecule has 2 aromatic rings. The van der Waals surface area contributed by atoms with Gasteiger partial charge in [0.1, 0.15) is 12.6 Å². The molecule has 3 rings (SSSR count). The number of fused-ring (bicyclic) bond motifs is 3. The zero-order valence-corrected chi connectivity index (χ0v) is 19.1. The molecule has 1 aliphatic carbocycles. The Balaban J connectivity index is 1.55. The Morgan fingerprint density at radius 2 is 1.53 bits per heavy atom. The van der Waals surface area contributed by atoms with Crippen molar-refractivity contribution in [2.45, 2.75) is 44.2 Å². The van der Waals surface area contributed by atoms with E-state index in [0.717, 1.165) is 29.4 Å². The molecule has 0 fully saturated rings. The van der Waals surface area contributed by atoms with E-state index in [1.54, 1.807) is 6.92 Å². The normalized spacial score (nSPS) is 13.7. The zero-order chi connectivity index (χ0) is 24.7. The third kappa shape index (κ3) is 5.92. The number of carboxylic acids is 1. The summed E-state index contributed by atoms with van der Waals surface area (Å²) in [7, 11) is 1.13. The van der Waals surface area contributed by atoms with Gasteiger partial charge in [0.2, 0.25) is 5.91 Å². The number of rotatable bonds is 10. The van der Waals surface area contributed by atoms with Gasteiger partial charge in [-0.15, -0.1) is 0 Å². The molecule has 9 nitrogen and oxygen atoms in total. The minimum atomic E-state index is -1.41. The van der Waals surface area contributed by atoms with Crippen molar-refractivity contribution >= 4 is 23.9 Å². The molecule has 9 heteroatoms. The monoisotopic (exact) mass is 468 g/mol. The lowest BCUT2D eigenvalue weighted by atomic mass is 9.98. The van der Waals surface area contributed by atoms with Gasteiger partial charge in [-0.2, -0.15) is 0 Å². The Labute approximate surface area is 197 Å². The van der Waals surface area contributed by atoms with Gasteiger partial charge in [-0.25, -0.2) is 9.59 Å². The van der Waals surface area contributed by atoms with Crippen LogP contribution >= 0.6 is 0 Å². The molecule has 1 aliphatic rings. The van der Waals surface area contributed by atoms with Crippen LogP contribution in [0.4, 0.5) is 4.79 Å². The first kappa shape index (κ1) is 24.8. The van der Waals surface area contributed by atoms with Crippen LogP contribution in [0.5, 0.6) is 0 Å². The van der Waals surface area contributed by atoms with Crippen LogP contribution in [0.25, 0.3) is 11.1 Å². The summed E-state index contributed by atoms with van der Waals surface area (Å²) in [6.07, 6.45) is -0.891. The van der Waals surface area contributed by atoms with Crippen molar-refractivity contribution < 1.29 is 33.8 Å². The van der Waals surface area contributed by atoms with Crippen molar-refractivity contribution in [3.05, 3.63) is 59.7 Å². The number of ether oxygens (including phenoxy) is 2. The van der Waals surface area contributed by atoms with E-state index in [1.165, 1.54) is 0 Å². The lowest BCUT2D eigenvalue weighted by molar-refractivity contribution is -0.148. The number of amides is 2. The summed E-state index contributed by atoms with van der Waals surface area (Å²) in [4.78, 5) is 47.4. The Morgan fingerprint density at radius 1 is 0.941 bits per heavy atom. The highest BCUT2D eigenvalue weighted by Gasteiger charge is 2.29. The summed E-state index contributed by atoms with van der Waals surface area (Å²) in [5.41, 5.74) is 4.42. The van der Waals surface area contributed by atoms with Gasteiger partial charge in [-0.3, -0.25) is 9.59 Å². The number of methoxy groups -OCH3 is 1. The highest BCUT2D eigenvalue weighted by Crippen LogP contribution is 2.44. The van der Waals surface area contributed by atoms with Crippen LogP contribution in [0.2, 0.25) is 0 Å². The first-order valence-electron chi connectivity index (χ1n) is 11.0. The number of hydrogen-bond donors (Lipinski definition) is 3. The van der Waals surface area contributed by atoms with Crippen molar-refractivity contribution in [3.8, 4) is 11.1 Å². The van der Waals surface area contributed by atoms with Crippen LogP contribution in [-0.2, 0) is 23.9 Å². The first-order chi connectivity index (χ1) is 16.3. The molecule has 3 N–H and O–H groups in total. The average Bonchev–Trinajstić information content (AvgIpc) is 3.15. The minimum absolute atomic E-state index is 0.0869. The number of nitrogens with one attached hydrogen (secondary N) is 2. The van der Waals surface area contributed by atoms with E-state index in [0.29, 0.717) is 6.42 Å². The van der Waals surface area contributed by atoms with Crippen molar-refractivity contribution in [2.24, 2.45) is 0 Å². The summed E-state index contributed by atoms with van der Waals surface area (Å²) in [6.45, 7) is 1.92. The molecule has 2 atom stereocenters. The molecule has 0 saturated heterocycles. The van der Waals surface area contributed by atoms with Gasteiger partial charge in [0.05, 0.1) is 13.5 Å². The van der Waals surface area contributed by atoms with Crippen molar-refractivity contribution in [3.63, 3.8) is 0 Å². The topological polar surface area (TPSA) is 131 Å². The van der Waals surface area contributed by atoms with E-state index in [1.807, 2.05) is 48.5 Å². The fraction of sp³-hybridized carbons (Fsp3) is 0.360. The summed E-state index contributed by atoms with van der Waals surface area (Å²) >= 11 is 0. The maximum Gasteiger partial charge on any atom is 0.407 e. The lowest BCUT2D eigenvalue weighted by Crippen LogP contribution is -2.45. The standard InChI is InChI=1S/C25H28N2O7/c1-3-15(12-22(28)27-21(24(30)31)13-23(29)33-2)26-25(32)34-14-20-18-10-6-4-8-16(18)17-9-5-7-11-19(17)20/h4-11,15,20-21H,3,12-14H2,1-2H3,(H,26,32)(H,27,28)(H,30,31)/t15-,21+/m1/s1. The van der Waals surface area contributed by atoms with Crippen molar-refractivity contribution in [1.29, 1.82) is 0 Å². The van der Waals surface area contributed by atoms with E-state index >= 15 is 0 Å². The molecule has 0 spiro atoms. The molecule has 0 bridgehead atoms. The molecule has 0 aliphatic heterocycles.